The van der Waals surface area contributed by atoms with E-state index in [1.807, 2.05) is 0 Å². The maximum atomic E-state index is 2.26. The van der Waals surface area contributed by atoms with Crippen LogP contribution >= 0.6 is 0 Å². The molecule has 0 atom stereocenters. The molecule has 0 bridgehead atoms. The fourth-order valence-electron chi connectivity index (χ4n) is 1.35. The predicted octanol–water partition coefficient (Wildman–Crippen LogP) is -4.42. The number of halogens is 2. The molecule has 0 aliphatic heterocycles. The summed E-state index contributed by atoms with van der Waals surface area (Å²) in [6, 6.07) is 0. The molecule has 0 aliphatic carbocycles. The molecule has 0 heterocycles. The van der Waals surface area contributed by atoms with Gasteiger partial charge in [-0.25, -0.2) is 0 Å². The number of unbranched alkanes of at least 4 members (excludes halogenated alkanes) is 2. The van der Waals surface area contributed by atoms with Gasteiger partial charge < -0.3 is 56.9 Å². The largest absolute Gasteiger partial charge is 1.00 e. The van der Waals surface area contributed by atoms with Gasteiger partial charge >= 0.3 is 0 Å². The lowest BCUT2D eigenvalue weighted by molar-refractivity contribution is -0.872. The molecule has 15 heavy (non-hydrogen) atoms. The lowest BCUT2D eigenvalue weighted by Gasteiger charge is -2.25. The number of quaternary nitrogens is 2. The summed E-state index contributed by atoms with van der Waals surface area (Å²) in [6.45, 7) is 2.61. The fraction of sp³-hybridized carbons (Fsp3) is 1.00. The molecule has 0 aromatic heterocycles. The standard InChI is InChI=1S/C11H28N2.2HI/c1-12(2,3)10-8-7-9-11-13(4,5)6;;/h7-11H2,1-6H3;2*1H/q+2;;/p-2. The monoisotopic (exact) mass is 442 g/mol. The Morgan fingerprint density at radius 2 is 0.800 bits per heavy atom. The number of hydrogen-bond donors (Lipinski definition) is 0. The zero-order valence-electron chi connectivity index (χ0n) is 11.2. The summed E-state index contributed by atoms with van der Waals surface area (Å²) >= 11 is 0. The van der Waals surface area contributed by atoms with Gasteiger partial charge in [-0.3, -0.25) is 0 Å². The summed E-state index contributed by atoms with van der Waals surface area (Å²) in [7, 11) is 13.6. The van der Waals surface area contributed by atoms with Crippen molar-refractivity contribution in [2.45, 2.75) is 19.3 Å². The van der Waals surface area contributed by atoms with E-state index in [1.165, 1.54) is 32.4 Å². The van der Waals surface area contributed by atoms with E-state index in [0.29, 0.717) is 0 Å². The maximum absolute atomic E-state index is 2.26. The highest BCUT2D eigenvalue weighted by Gasteiger charge is 2.08. The minimum Gasteiger partial charge on any atom is -1.00 e. The van der Waals surface area contributed by atoms with E-state index in [9.17, 15) is 0 Å². The van der Waals surface area contributed by atoms with Gasteiger partial charge in [0.05, 0.1) is 55.4 Å². The van der Waals surface area contributed by atoms with Crippen molar-refractivity contribution in [1.82, 2.24) is 0 Å². The van der Waals surface area contributed by atoms with Crippen LogP contribution in [-0.2, 0) is 0 Å². The van der Waals surface area contributed by atoms with Gasteiger partial charge in [0.15, 0.2) is 0 Å². The van der Waals surface area contributed by atoms with Crippen molar-refractivity contribution in [2.24, 2.45) is 0 Å². The first-order valence-electron chi connectivity index (χ1n) is 5.32. The molecule has 0 unspecified atom stereocenters. The molecule has 2 nitrogen and oxygen atoms in total. The van der Waals surface area contributed by atoms with Gasteiger partial charge in [-0.15, -0.1) is 0 Å². The lowest BCUT2D eigenvalue weighted by atomic mass is 10.2. The Bertz CT molecular complexity index is 121. The highest BCUT2D eigenvalue weighted by molar-refractivity contribution is 4.40. The first-order valence-corrected chi connectivity index (χ1v) is 5.32. The fourth-order valence-corrected chi connectivity index (χ4v) is 1.35. The summed E-state index contributed by atoms with van der Waals surface area (Å²) < 4.78 is 2.20. The molecule has 0 rings (SSSR count). The molecule has 0 N–H and O–H groups in total. The van der Waals surface area contributed by atoms with Crippen LogP contribution in [0.5, 0.6) is 0 Å². The molecule has 0 aromatic carbocycles. The van der Waals surface area contributed by atoms with Crippen LogP contribution in [0, 0.1) is 0 Å². The number of rotatable bonds is 6. The average molecular weight is 442 g/mol. The van der Waals surface area contributed by atoms with Crippen LogP contribution in [0.3, 0.4) is 0 Å². The Hall–Kier alpha value is 1.38. The van der Waals surface area contributed by atoms with Crippen LogP contribution in [0.4, 0.5) is 0 Å². The minimum absolute atomic E-state index is 0. The molecule has 0 amide bonds. The molecule has 0 saturated heterocycles. The third kappa shape index (κ3) is 21.3. The second-order valence-corrected chi connectivity index (χ2v) is 6.09. The van der Waals surface area contributed by atoms with Crippen molar-refractivity contribution in [1.29, 1.82) is 0 Å². The average Bonchev–Trinajstić information content (AvgIpc) is 1.81. The Morgan fingerprint density at radius 3 is 1.00 bits per heavy atom. The predicted molar refractivity (Wildman–Crippen MR) is 59.6 cm³/mol. The van der Waals surface area contributed by atoms with E-state index >= 15 is 0 Å². The Kier molecular flexibility index (Phi) is 13.6. The van der Waals surface area contributed by atoms with Gasteiger partial charge in [-0.2, -0.15) is 0 Å². The molecule has 0 fully saturated rings. The maximum Gasteiger partial charge on any atom is 0.0780 e. The van der Waals surface area contributed by atoms with E-state index < -0.39 is 0 Å². The number of nitrogens with zero attached hydrogens (tertiary/aromatic N) is 2. The normalized spacial score (nSPS) is 11.6. The van der Waals surface area contributed by atoms with E-state index in [1.54, 1.807) is 0 Å². The van der Waals surface area contributed by atoms with E-state index in [0.717, 1.165) is 8.97 Å². The second-order valence-electron chi connectivity index (χ2n) is 6.09. The Morgan fingerprint density at radius 1 is 0.533 bits per heavy atom. The molecule has 96 valence electrons. The van der Waals surface area contributed by atoms with Crippen LogP contribution in [0.25, 0.3) is 0 Å². The highest BCUT2D eigenvalue weighted by Crippen LogP contribution is 2.03. The lowest BCUT2D eigenvalue weighted by Crippen LogP contribution is -3.00. The first-order chi connectivity index (χ1) is 5.71. The van der Waals surface area contributed by atoms with Crippen molar-refractivity contribution in [2.75, 3.05) is 55.4 Å². The summed E-state index contributed by atoms with van der Waals surface area (Å²) in [5.74, 6) is 0. The molecule has 0 aliphatic rings. The third-order valence-electron chi connectivity index (χ3n) is 2.16. The Balaban J connectivity index is -0.000000720. The topological polar surface area (TPSA) is 0 Å². The summed E-state index contributed by atoms with van der Waals surface area (Å²) in [6.07, 6.45) is 4.11. The molecular formula is C11H28I2N2. The van der Waals surface area contributed by atoms with Gasteiger partial charge in [-0.05, 0) is 19.3 Å². The van der Waals surface area contributed by atoms with Crippen LogP contribution in [0.1, 0.15) is 19.3 Å². The first kappa shape index (κ1) is 21.6. The van der Waals surface area contributed by atoms with Crippen molar-refractivity contribution in [3.63, 3.8) is 0 Å². The zero-order valence-corrected chi connectivity index (χ0v) is 15.5. The van der Waals surface area contributed by atoms with Crippen molar-refractivity contribution in [3.05, 3.63) is 0 Å². The summed E-state index contributed by atoms with van der Waals surface area (Å²) in [5.41, 5.74) is 0. The van der Waals surface area contributed by atoms with Crippen molar-refractivity contribution in [3.8, 4) is 0 Å². The van der Waals surface area contributed by atoms with Crippen LogP contribution in [0.2, 0.25) is 0 Å². The summed E-state index contributed by atoms with van der Waals surface area (Å²) in [4.78, 5) is 0. The number of hydrogen-bond acceptors (Lipinski definition) is 0. The quantitative estimate of drug-likeness (QED) is 0.222. The molecule has 0 saturated carbocycles. The second kappa shape index (κ2) is 9.41. The summed E-state index contributed by atoms with van der Waals surface area (Å²) in [5, 5.41) is 0. The van der Waals surface area contributed by atoms with Crippen LogP contribution < -0.4 is 48.0 Å². The molecular weight excluding hydrogens is 414 g/mol. The zero-order chi connectivity index (χ0) is 10.5. The molecule has 4 heteroatoms. The van der Waals surface area contributed by atoms with Crippen LogP contribution in [-0.4, -0.2) is 64.3 Å². The van der Waals surface area contributed by atoms with E-state index in [4.69, 9.17) is 0 Å². The Labute approximate surface area is 131 Å². The highest BCUT2D eigenvalue weighted by atomic mass is 127. The van der Waals surface area contributed by atoms with Gasteiger partial charge in [0.2, 0.25) is 0 Å². The van der Waals surface area contributed by atoms with Crippen LogP contribution in [0.15, 0.2) is 0 Å². The van der Waals surface area contributed by atoms with E-state index in [2.05, 4.69) is 42.3 Å². The van der Waals surface area contributed by atoms with Gasteiger partial charge in [0.25, 0.3) is 0 Å². The van der Waals surface area contributed by atoms with Crippen molar-refractivity contribution < 1.29 is 56.9 Å². The van der Waals surface area contributed by atoms with Gasteiger partial charge in [0, 0.05) is 0 Å². The molecule has 0 spiro atoms. The van der Waals surface area contributed by atoms with Crippen molar-refractivity contribution >= 4 is 0 Å². The third-order valence-corrected chi connectivity index (χ3v) is 2.16. The molecule has 0 radical (unpaired) electrons. The van der Waals surface area contributed by atoms with Gasteiger partial charge in [0.1, 0.15) is 0 Å². The van der Waals surface area contributed by atoms with E-state index in [-0.39, 0.29) is 48.0 Å². The molecule has 0 aromatic rings. The smallest absolute Gasteiger partial charge is 0.0780 e. The SMILES string of the molecule is C[N+](C)(C)CCCCC[N+](C)(C)C.[I-].[I-]. The van der Waals surface area contributed by atoms with Gasteiger partial charge in [-0.1, -0.05) is 0 Å². The minimum atomic E-state index is 0.